The van der Waals surface area contributed by atoms with Gasteiger partial charge in [-0.3, -0.25) is 0 Å². The number of benzene rings is 1. The van der Waals surface area contributed by atoms with Crippen LogP contribution in [0.3, 0.4) is 0 Å². The van der Waals surface area contributed by atoms with Crippen LogP contribution in [0.15, 0.2) is 28.5 Å². The van der Waals surface area contributed by atoms with Crippen molar-refractivity contribution in [3.05, 3.63) is 29.8 Å². The second-order valence-electron chi connectivity index (χ2n) is 3.09. The molecule has 1 N–H and O–H groups in total. The van der Waals surface area contributed by atoms with Gasteiger partial charge >= 0.3 is 0 Å². The minimum absolute atomic E-state index is 0.362. The van der Waals surface area contributed by atoms with Crippen LogP contribution in [-0.4, -0.2) is 8.42 Å². The smallest absolute Gasteiger partial charge is 0.205 e. The van der Waals surface area contributed by atoms with Crippen molar-refractivity contribution in [2.75, 3.05) is 0 Å². The van der Waals surface area contributed by atoms with Gasteiger partial charge in [0.1, 0.15) is 4.21 Å². The monoisotopic (exact) mass is 305 g/mol. The summed E-state index contributed by atoms with van der Waals surface area (Å²) in [5, 5.41) is 0.990. The summed E-state index contributed by atoms with van der Waals surface area (Å²) in [5.41, 5.74) is 0.794. The molecule has 0 spiro atoms. The summed E-state index contributed by atoms with van der Waals surface area (Å²) in [7, 11) is -3.41. The van der Waals surface area contributed by atoms with Crippen molar-refractivity contribution in [1.82, 2.24) is 3.75 Å². The zero-order valence-electron chi connectivity index (χ0n) is 7.82. The third kappa shape index (κ3) is 1.82. The van der Waals surface area contributed by atoms with Gasteiger partial charge in [-0.2, -0.15) is 0 Å². The maximum Gasteiger partial charge on any atom is 0.259 e. The van der Waals surface area contributed by atoms with Gasteiger partial charge in [-0.25, -0.2) is 8.42 Å². The lowest BCUT2D eigenvalue weighted by Gasteiger charge is -1.97. The number of hydrogen-bond donors (Lipinski definition) is 1. The Bertz CT molecular complexity index is 604. The van der Waals surface area contributed by atoms with Gasteiger partial charge < -0.3 is 0 Å². The minimum Gasteiger partial charge on any atom is -0.205 e. The van der Waals surface area contributed by atoms with Gasteiger partial charge in [0, 0.05) is 20.8 Å². The lowest BCUT2D eigenvalue weighted by molar-refractivity contribution is 0.597. The van der Waals surface area contributed by atoms with E-state index in [2.05, 4.69) is 19.9 Å². The second kappa shape index (κ2) is 3.86. The zero-order valence-corrected chi connectivity index (χ0v) is 11.0. The summed E-state index contributed by atoms with van der Waals surface area (Å²) in [6, 6.07) is 7.64. The molecule has 1 aromatic heterocycles. The first-order valence-corrected chi connectivity index (χ1v) is 7.26. The molecule has 0 aliphatic heterocycles. The Morgan fingerprint density at radius 3 is 2.60 bits per heavy atom. The molecule has 1 heterocycles. The molecule has 2 rings (SSSR count). The van der Waals surface area contributed by atoms with Crippen molar-refractivity contribution in [2.45, 2.75) is 11.1 Å². The predicted molar refractivity (Wildman–Crippen MR) is 65.8 cm³/mol. The molecule has 2 aromatic rings. The lowest BCUT2D eigenvalue weighted by Crippen LogP contribution is -2.12. The van der Waals surface area contributed by atoms with Crippen LogP contribution < -0.4 is 3.75 Å². The molecule has 0 aliphatic rings. The van der Waals surface area contributed by atoms with E-state index in [1.54, 1.807) is 0 Å². The molecule has 0 amide bonds. The van der Waals surface area contributed by atoms with Crippen molar-refractivity contribution in [3.8, 4) is 0 Å². The average molecular weight is 306 g/mol. The van der Waals surface area contributed by atoms with Crippen molar-refractivity contribution in [2.24, 2.45) is 0 Å². The van der Waals surface area contributed by atoms with Gasteiger partial charge in [0.15, 0.2) is 0 Å². The van der Waals surface area contributed by atoms with Crippen molar-refractivity contribution >= 4 is 47.6 Å². The number of sulfonamides is 1. The molecule has 0 aliphatic carbocycles. The molecule has 0 radical (unpaired) electrons. The predicted octanol–water partition coefficient (Wildman–Crippen LogP) is 2.80. The van der Waals surface area contributed by atoms with E-state index in [1.165, 1.54) is 11.3 Å². The quantitative estimate of drug-likeness (QED) is 0.867. The second-order valence-corrected chi connectivity index (χ2v) is 6.94. The number of fused-ring (bicyclic) bond motifs is 1. The highest BCUT2D eigenvalue weighted by Crippen LogP contribution is 2.33. The number of aryl methyl sites for hydroxylation is 1. The molecule has 6 heteroatoms. The summed E-state index contributed by atoms with van der Waals surface area (Å²) in [5.74, 6) is 0. The van der Waals surface area contributed by atoms with E-state index >= 15 is 0 Å². The zero-order chi connectivity index (χ0) is 11.1. The van der Waals surface area contributed by atoms with Crippen LogP contribution in [-0.2, 0) is 10.0 Å². The first-order chi connectivity index (χ1) is 7.06. The van der Waals surface area contributed by atoms with Crippen LogP contribution in [0.1, 0.15) is 5.56 Å². The Kier molecular flexibility index (Phi) is 2.85. The maximum atomic E-state index is 11.6. The molecule has 80 valence electrons. The Hall–Kier alpha value is -0.430. The highest BCUT2D eigenvalue weighted by Gasteiger charge is 2.19. The number of rotatable bonds is 2. The Morgan fingerprint density at radius 1 is 1.33 bits per heavy atom. The van der Waals surface area contributed by atoms with E-state index in [9.17, 15) is 8.42 Å². The summed E-state index contributed by atoms with van der Waals surface area (Å²) in [6.07, 6.45) is 0. The van der Waals surface area contributed by atoms with Crippen LogP contribution in [0.5, 0.6) is 0 Å². The van der Waals surface area contributed by atoms with E-state index in [0.29, 0.717) is 4.21 Å². The van der Waals surface area contributed by atoms with Crippen molar-refractivity contribution in [3.63, 3.8) is 0 Å². The van der Waals surface area contributed by atoms with E-state index in [4.69, 9.17) is 0 Å². The molecule has 0 fully saturated rings. The number of hydrogen-bond acceptors (Lipinski definition) is 3. The number of nitrogens with one attached hydrogen (secondary N) is 1. The highest BCUT2D eigenvalue weighted by molar-refractivity contribution is 9.09. The molecule has 1 aromatic carbocycles. The lowest BCUT2D eigenvalue weighted by atomic mass is 10.2. The Labute approximate surface area is 101 Å². The molecule has 0 bridgehead atoms. The van der Waals surface area contributed by atoms with Gasteiger partial charge in [-0.1, -0.05) is 18.2 Å². The summed E-state index contributed by atoms with van der Waals surface area (Å²) in [4.78, 5) is 0. The van der Waals surface area contributed by atoms with Gasteiger partial charge in [0.05, 0.1) is 0 Å². The molecule has 3 nitrogen and oxygen atoms in total. The molecule has 0 saturated carbocycles. The Balaban J connectivity index is 2.80. The minimum atomic E-state index is -3.41. The summed E-state index contributed by atoms with van der Waals surface area (Å²) < 4.78 is 26.8. The molecular weight excluding hydrogens is 298 g/mol. The van der Waals surface area contributed by atoms with Gasteiger partial charge in [-0.05, 0) is 23.9 Å². The third-order valence-corrected chi connectivity index (χ3v) is 6.40. The van der Waals surface area contributed by atoms with Crippen molar-refractivity contribution < 1.29 is 8.42 Å². The van der Waals surface area contributed by atoms with Gasteiger partial charge in [0.2, 0.25) is 0 Å². The van der Waals surface area contributed by atoms with Crippen LogP contribution in [0, 0.1) is 6.92 Å². The third-order valence-electron chi connectivity index (χ3n) is 2.15. The highest BCUT2D eigenvalue weighted by atomic mass is 79.9. The van der Waals surface area contributed by atoms with Gasteiger partial charge in [-0.15, -0.1) is 15.1 Å². The van der Waals surface area contributed by atoms with E-state index in [-0.39, 0.29) is 0 Å². The van der Waals surface area contributed by atoms with Crippen molar-refractivity contribution in [1.29, 1.82) is 0 Å². The number of halogens is 1. The topological polar surface area (TPSA) is 46.2 Å². The van der Waals surface area contributed by atoms with E-state index < -0.39 is 10.0 Å². The first-order valence-electron chi connectivity index (χ1n) is 4.17. The summed E-state index contributed by atoms with van der Waals surface area (Å²) in [6.45, 7) is 1.82. The first kappa shape index (κ1) is 11.1. The van der Waals surface area contributed by atoms with Crippen LogP contribution >= 0.6 is 27.5 Å². The molecule has 15 heavy (non-hydrogen) atoms. The fourth-order valence-electron chi connectivity index (χ4n) is 1.44. The molecule has 0 atom stereocenters. The fraction of sp³-hybridized carbons (Fsp3) is 0.111. The van der Waals surface area contributed by atoms with Gasteiger partial charge in [0.25, 0.3) is 10.0 Å². The fourth-order valence-corrected chi connectivity index (χ4v) is 4.61. The van der Waals surface area contributed by atoms with E-state index in [0.717, 1.165) is 15.6 Å². The SMILES string of the molecule is Cc1c(S(=O)(=O)NBr)sc2ccccc12. The van der Waals surface area contributed by atoms with E-state index in [1.807, 2.05) is 31.2 Å². The van der Waals surface area contributed by atoms with Crippen LogP contribution in [0.2, 0.25) is 0 Å². The van der Waals surface area contributed by atoms with Crippen LogP contribution in [0.4, 0.5) is 0 Å². The Morgan fingerprint density at radius 2 is 2.00 bits per heavy atom. The largest absolute Gasteiger partial charge is 0.259 e. The molecular formula is C9H8BrNO2S2. The molecule has 0 saturated heterocycles. The normalized spacial score (nSPS) is 12.1. The number of thiophene rings is 1. The average Bonchev–Trinajstić information content (AvgIpc) is 2.58. The van der Waals surface area contributed by atoms with Crippen LogP contribution in [0.25, 0.3) is 10.1 Å². The molecule has 0 unspecified atom stereocenters. The standard InChI is InChI=1S/C9H8BrNO2S2/c1-6-7-4-2-3-5-8(7)14-9(6)15(12,13)11-10/h2-5,11H,1H3. The summed E-state index contributed by atoms with van der Waals surface area (Å²) >= 11 is 4.04. The maximum absolute atomic E-state index is 11.6.